The van der Waals surface area contributed by atoms with Gasteiger partial charge in [0.25, 0.3) is 5.91 Å². The Morgan fingerprint density at radius 1 is 1.07 bits per heavy atom. The van der Waals surface area contributed by atoms with E-state index in [0.29, 0.717) is 19.0 Å². The van der Waals surface area contributed by atoms with E-state index < -0.39 is 0 Å². The highest BCUT2D eigenvalue weighted by Crippen LogP contribution is 2.27. The molecule has 6 heteroatoms. The van der Waals surface area contributed by atoms with Gasteiger partial charge >= 0.3 is 0 Å². The normalized spacial score (nSPS) is 14.4. The van der Waals surface area contributed by atoms with Gasteiger partial charge in [-0.2, -0.15) is 0 Å². The Morgan fingerprint density at radius 2 is 1.80 bits per heavy atom. The fraction of sp³-hybridized carbons (Fsp3) is 0.375. The summed E-state index contributed by atoms with van der Waals surface area (Å²) in [6.45, 7) is 9.15. The topological polar surface area (TPSA) is 58.6 Å². The zero-order valence-electron chi connectivity index (χ0n) is 17.8. The zero-order valence-corrected chi connectivity index (χ0v) is 17.8. The second kappa shape index (κ2) is 8.69. The van der Waals surface area contributed by atoms with Gasteiger partial charge in [0, 0.05) is 26.2 Å². The number of anilines is 1. The van der Waals surface area contributed by atoms with Crippen molar-refractivity contribution in [3.05, 3.63) is 59.8 Å². The molecule has 0 unspecified atom stereocenters. The maximum absolute atomic E-state index is 12.7. The lowest BCUT2D eigenvalue weighted by Crippen LogP contribution is -2.50. The molecule has 1 amide bonds. The van der Waals surface area contributed by atoms with Crippen molar-refractivity contribution in [2.24, 2.45) is 0 Å². The molecule has 0 atom stereocenters. The van der Waals surface area contributed by atoms with Crippen LogP contribution >= 0.6 is 0 Å². The number of ether oxygens (including phenoxy) is 1. The zero-order chi connectivity index (χ0) is 21.1. The largest absolute Gasteiger partial charge is 0.483 e. The lowest BCUT2D eigenvalue weighted by atomic mass is 10.0. The number of fused-ring (bicyclic) bond motifs is 1. The van der Waals surface area contributed by atoms with E-state index in [1.165, 1.54) is 0 Å². The third kappa shape index (κ3) is 4.37. The highest BCUT2D eigenvalue weighted by atomic mass is 16.5. The number of nitrogens with zero attached hydrogens (tertiary/aromatic N) is 4. The van der Waals surface area contributed by atoms with Gasteiger partial charge in [-0.25, -0.2) is 4.98 Å². The molecule has 0 spiro atoms. The number of benzene rings is 2. The summed E-state index contributed by atoms with van der Waals surface area (Å²) in [6, 6.07) is 14.0. The van der Waals surface area contributed by atoms with Gasteiger partial charge in [-0.1, -0.05) is 38.1 Å². The summed E-state index contributed by atoms with van der Waals surface area (Å²) < 4.78 is 5.93. The Kier molecular flexibility index (Phi) is 5.84. The number of hydrogen-bond donors (Lipinski definition) is 0. The monoisotopic (exact) mass is 404 g/mol. The first-order valence-corrected chi connectivity index (χ1v) is 10.5. The van der Waals surface area contributed by atoms with Crippen LogP contribution < -0.4 is 9.64 Å². The Balaban J connectivity index is 1.35. The number of aryl methyl sites for hydroxylation is 1. The van der Waals surface area contributed by atoms with Crippen LogP contribution in [0.3, 0.4) is 0 Å². The molecule has 0 bridgehead atoms. The van der Waals surface area contributed by atoms with E-state index in [-0.39, 0.29) is 12.5 Å². The average Bonchev–Trinajstić information content (AvgIpc) is 2.77. The second-order valence-electron chi connectivity index (χ2n) is 8.07. The smallest absolute Gasteiger partial charge is 0.260 e. The van der Waals surface area contributed by atoms with E-state index in [1.54, 1.807) is 0 Å². The van der Waals surface area contributed by atoms with Crippen molar-refractivity contribution < 1.29 is 9.53 Å². The van der Waals surface area contributed by atoms with Crippen molar-refractivity contribution >= 4 is 22.8 Å². The highest BCUT2D eigenvalue weighted by Gasteiger charge is 2.23. The molecule has 156 valence electrons. The fourth-order valence-electron chi connectivity index (χ4n) is 3.76. The summed E-state index contributed by atoms with van der Waals surface area (Å²) in [7, 11) is 0. The number of aromatic nitrogens is 2. The quantitative estimate of drug-likeness (QED) is 0.648. The Morgan fingerprint density at radius 3 is 2.53 bits per heavy atom. The Labute approximate surface area is 177 Å². The molecule has 1 aliphatic rings. The van der Waals surface area contributed by atoms with E-state index in [4.69, 9.17) is 9.72 Å². The van der Waals surface area contributed by atoms with Gasteiger partial charge in [0.2, 0.25) is 0 Å². The molecule has 1 aliphatic heterocycles. The summed E-state index contributed by atoms with van der Waals surface area (Å²) >= 11 is 0. The molecule has 30 heavy (non-hydrogen) atoms. The number of amides is 1. The Bertz CT molecular complexity index is 1040. The third-order valence-corrected chi connectivity index (χ3v) is 5.53. The minimum absolute atomic E-state index is 0.0236. The molecule has 1 aromatic heterocycles. The van der Waals surface area contributed by atoms with Crippen LogP contribution in [0, 0.1) is 6.92 Å². The van der Waals surface area contributed by atoms with Gasteiger partial charge in [0.15, 0.2) is 6.61 Å². The Hall–Kier alpha value is -3.15. The fourth-order valence-corrected chi connectivity index (χ4v) is 3.76. The molecule has 3 aromatic rings. The van der Waals surface area contributed by atoms with Crippen molar-refractivity contribution in [2.75, 3.05) is 37.7 Å². The van der Waals surface area contributed by atoms with E-state index in [0.717, 1.165) is 46.8 Å². The molecule has 0 N–H and O–H groups in total. The summed E-state index contributed by atoms with van der Waals surface area (Å²) in [5.41, 5.74) is 4.05. The molecule has 1 fully saturated rings. The number of rotatable bonds is 5. The molecule has 2 heterocycles. The molecule has 0 radical (unpaired) electrons. The third-order valence-electron chi connectivity index (χ3n) is 5.53. The van der Waals surface area contributed by atoms with E-state index in [9.17, 15) is 4.79 Å². The SMILES string of the molecule is Cc1ccc(C(C)C)c(OCC(=O)N2CCN(c3cnc4ccccc4n3)CC2)c1. The molecular formula is C24H28N4O2. The lowest BCUT2D eigenvalue weighted by Gasteiger charge is -2.35. The molecule has 0 saturated carbocycles. The van der Waals surface area contributed by atoms with Gasteiger partial charge in [0.05, 0.1) is 17.2 Å². The van der Waals surface area contributed by atoms with Crippen LogP contribution in [0.5, 0.6) is 5.75 Å². The van der Waals surface area contributed by atoms with E-state index >= 15 is 0 Å². The molecule has 6 nitrogen and oxygen atoms in total. The first kappa shape index (κ1) is 20.1. The number of hydrogen-bond acceptors (Lipinski definition) is 5. The van der Waals surface area contributed by atoms with E-state index in [2.05, 4.69) is 35.9 Å². The minimum atomic E-state index is 0.0236. The van der Waals surface area contributed by atoms with Crippen LogP contribution in [-0.4, -0.2) is 53.6 Å². The predicted octanol–water partition coefficient (Wildman–Crippen LogP) is 3.79. The van der Waals surface area contributed by atoms with Crippen molar-refractivity contribution in [1.29, 1.82) is 0 Å². The van der Waals surface area contributed by atoms with Crippen LogP contribution in [0.4, 0.5) is 5.82 Å². The van der Waals surface area contributed by atoms with Crippen LogP contribution in [0.15, 0.2) is 48.7 Å². The number of para-hydroxylation sites is 2. The van der Waals surface area contributed by atoms with Crippen molar-refractivity contribution in [2.45, 2.75) is 26.7 Å². The standard InChI is InChI=1S/C24H28N4O2/c1-17(2)19-9-8-18(3)14-22(19)30-16-24(29)28-12-10-27(11-13-28)23-15-25-20-6-4-5-7-21(20)26-23/h4-9,14-15,17H,10-13,16H2,1-3H3. The second-order valence-corrected chi connectivity index (χ2v) is 8.07. The van der Waals surface area contributed by atoms with Crippen molar-refractivity contribution in [3.8, 4) is 5.75 Å². The number of carbonyl (C=O) groups excluding carboxylic acids is 1. The molecule has 1 saturated heterocycles. The molecule has 4 rings (SSSR count). The van der Waals surface area contributed by atoms with Crippen LogP contribution in [0.1, 0.15) is 30.9 Å². The molecule has 0 aliphatic carbocycles. The van der Waals surface area contributed by atoms with Crippen LogP contribution in [-0.2, 0) is 4.79 Å². The van der Waals surface area contributed by atoms with Crippen LogP contribution in [0.25, 0.3) is 11.0 Å². The summed E-state index contributed by atoms with van der Waals surface area (Å²) in [5, 5.41) is 0. The van der Waals surface area contributed by atoms with E-state index in [1.807, 2.05) is 48.4 Å². The summed E-state index contributed by atoms with van der Waals surface area (Å²) in [6.07, 6.45) is 1.81. The van der Waals surface area contributed by atoms with Gasteiger partial charge in [0.1, 0.15) is 11.6 Å². The lowest BCUT2D eigenvalue weighted by molar-refractivity contribution is -0.133. The molecule has 2 aromatic carbocycles. The van der Waals surface area contributed by atoms with Gasteiger partial charge in [-0.15, -0.1) is 0 Å². The summed E-state index contributed by atoms with van der Waals surface area (Å²) in [4.78, 5) is 26.0. The maximum Gasteiger partial charge on any atom is 0.260 e. The number of piperazine rings is 1. The predicted molar refractivity (Wildman–Crippen MR) is 119 cm³/mol. The highest BCUT2D eigenvalue weighted by molar-refractivity contribution is 5.78. The molecular weight excluding hydrogens is 376 g/mol. The van der Waals surface area contributed by atoms with Crippen molar-refractivity contribution in [3.63, 3.8) is 0 Å². The number of carbonyl (C=O) groups is 1. The summed E-state index contributed by atoms with van der Waals surface area (Å²) in [5.74, 6) is 2.04. The first-order chi connectivity index (χ1) is 14.5. The maximum atomic E-state index is 12.7. The van der Waals surface area contributed by atoms with Gasteiger partial charge in [-0.3, -0.25) is 9.78 Å². The van der Waals surface area contributed by atoms with Gasteiger partial charge in [-0.05, 0) is 42.2 Å². The first-order valence-electron chi connectivity index (χ1n) is 10.5. The van der Waals surface area contributed by atoms with Crippen LogP contribution in [0.2, 0.25) is 0 Å². The van der Waals surface area contributed by atoms with Gasteiger partial charge < -0.3 is 14.5 Å². The average molecular weight is 405 g/mol. The van der Waals surface area contributed by atoms with Crippen molar-refractivity contribution in [1.82, 2.24) is 14.9 Å². The minimum Gasteiger partial charge on any atom is -0.483 e.